The molecule has 0 spiro atoms. The van der Waals surface area contributed by atoms with Gasteiger partial charge < -0.3 is 14.8 Å². The van der Waals surface area contributed by atoms with Crippen LogP contribution in [0.1, 0.15) is 36.2 Å². The van der Waals surface area contributed by atoms with E-state index in [9.17, 15) is 9.59 Å². The molecule has 2 aromatic rings. The predicted octanol–water partition coefficient (Wildman–Crippen LogP) is 3.57. The molecule has 0 unspecified atom stereocenters. The molecule has 0 fully saturated rings. The number of nitrogens with one attached hydrogen (secondary N) is 1. The Morgan fingerprint density at radius 3 is 2.81 bits per heavy atom. The second kappa shape index (κ2) is 9.23. The number of aldehydes is 1. The minimum Gasteiger partial charge on any atom is -0.493 e. The van der Waals surface area contributed by atoms with Crippen LogP contribution in [0.4, 0.5) is 5.69 Å². The number of nitrogens with zero attached hydrogens (tertiary/aromatic N) is 1. The van der Waals surface area contributed by atoms with Gasteiger partial charge in [0.05, 0.1) is 23.8 Å². The van der Waals surface area contributed by atoms with Crippen molar-refractivity contribution in [3.8, 4) is 17.6 Å². The highest BCUT2D eigenvalue weighted by Crippen LogP contribution is 2.25. The van der Waals surface area contributed by atoms with E-state index in [1.807, 2.05) is 13.0 Å². The number of benzene rings is 2. The molecule has 0 aromatic heterocycles. The highest BCUT2D eigenvalue weighted by Gasteiger charge is 2.17. The normalized spacial score (nSPS) is 11.1. The molecule has 0 aliphatic rings. The van der Waals surface area contributed by atoms with Crippen LogP contribution in [-0.4, -0.2) is 24.9 Å². The molecule has 0 aliphatic carbocycles. The number of rotatable bonds is 8. The van der Waals surface area contributed by atoms with Gasteiger partial charge in [0.1, 0.15) is 11.5 Å². The molecule has 1 N–H and O–H groups in total. The van der Waals surface area contributed by atoms with Crippen LogP contribution in [0.25, 0.3) is 0 Å². The van der Waals surface area contributed by atoms with Crippen LogP contribution in [0.15, 0.2) is 42.5 Å². The van der Waals surface area contributed by atoms with Gasteiger partial charge in [-0.05, 0) is 43.7 Å². The van der Waals surface area contributed by atoms with Gasteiger partial charge in [0, 0.05) is 11.8 Å². The lowest BCUT2D eigenvalue weighted by Crippen LogP contribution is -2.30. The molecule has 134 valence electrons. The number of hydrogen-bond donors (Lipinski definition) is 1. The summed E-state index contributed by atoms with van der Waals surface area (Å²) in [5, 5.41) is 11.6. The lowest BCUT2D eigenvalue weighted by atomic mass is 10.2. The Hall–Kier alpha value is -3.33. The second-order valence-electron chi connectivity index (χ2n) is 5.61. The minimum absolute atomic E-state index is 0.280. The molecule has 0 saturated carbocycles. The molecule has 0 heterocycles. The van der Waals surface area contributed by atoms with Crippen LogP contribution in [-0.2, 0) is 4.79 Å². The summed E-state index contributed by atoms with van der Waals surface area (Å²) < 4.78 is 11.2. The first-order valence-electron chi connectivity index (χ1n) is 8.27. The third-order valence-electron chi connectivity index (χ3n) is 3.52. The number of anilines is 1. The van der Waals surface area contributed by atoms with Gasteiger partial charge in [-0.2, -0.15) is 5.26 Å². The van der Waals surface area contributed by atoms with Crippen molar-refractivity contribution in [1.29, 1.82) is 5.26 Å². The number of amides is 1. The molecule has 6 nitrogen and oxygen atoms in total. The first-order valence-corrected chi connectivity index (χ1v) is 8.27. The van der Waals surface area contributed by atoms with Crippen molar-refractivity contribution in [1.82, 2.24) is 0 Å². The molecule has 6 heteroatoms. The van der Waals surface area contributed by atoms with Crippen molar-refractivity contribution in [2.24, 2.45) is 0 Å². The van der Waals surface area contributed by atoms with Crippen molar-refractivity contribution in [3.63, 3.8) is 0 Å². The fraction of sp³-hybridized carbons (Fsp3) is 0.250. The minimum atomic E-state index is -0.846. The standard InChI is InChI=1S/C20H20N2O4/c1-3-9-25-18-8-7-16(13-23)19(11-18)26-14(2)20(24)22-17-6-4-5-15(10-17)12-21/h4-8,10-11,13-14H,3,9H2,1-2H3,(H,22,24)/t14-/m0/s1. The van der Waals surface area contributed by atoms with Crippen LogP contribution in [0.3, 0.4) is 0 Å². The van der Waals surface area contributed by atoms with Crippen molar-refractivity contribution in [2.45, 2.75) is 26.4 Å². The number of carbonyl (C=O) groups excluding carboxylic acids is 2. The summed E-state index contributed by atoms with van der Waals surface area (Å²) in [4.78, 5) is 23.5. The molecular formula is C20H20N2O4. The second-order valence-corrected chi connectivity index (χ2v) is 5.61. The van der Waals surface area contributed by atoms with Gasteiger partial charge in [-0.25, -0.2) is 0 Å². The average Bonchev–Trinajstić information content (AvgIpc) is 2.66. The van der Waals surface area contributed by atoms with Gasteiger partial charge in [-0.3, -0.25) is 9.59 Å². The molecule has 1 atom stereocenters. The highest BCUT2D eigenvalue weighted by atomic mass is 16.5. The number of nitriles is 1. The summed E-state index contributed by atoms with van der Waals surface area (Å²) in [6.45, 7) is 4.12. The Morgan fingerprint density at radius 1 is 1.31 bits per heavy atom. The zero-order valence-corrected chi connectivity index (χ0v) is 14.7. The molecule has 0 aliphatic heterocycles. The van der Waals surface area contributed by atoms with Crippen LogP contribution in [0.2, 0.25) is 0 Å². The van der Waals surface area contributed by atoms with Crippen LogP contribution in [0.5, 0.6) is 11.5 Å². The van der Waals surface area contributed by atoms with Gasteiger partial charge in [-0.1, -0.05) is 13.0 Å². The van der Waals surface area contributed by atoms with Crippen LogP contribution in [0, 0.1) is 11.3 Å². The Kier molecular flexibility index (Phi) is 6.75. The van der Waals surface area contributed by atoms with E-state index in [-0.39, 0.29) is 5.75 Å². The first kappa shape index (κ1) is 19.0. The van der Waals surface area contributed by atoms with Gasteiger partial charge >= 0.3 is 0 Å². The molecule has 0 saturated heterocycles. The van der Waals surface area contributed by atoms with Crippen molar-refractivity contribution >= 4 is 17.9 Å². The maximum Gasteiger partial charge on any atom is 0.265 e. The molecule has 0 bridgehead atoms. The van der Waals surface area contributed by atoms with E-state index in [1.165, 1.54) is 0 Å². The third-order valence-corrected chi connectivity index (χ3v) is 3.52. The summed E-state index contributed by atoms with van der Waals surface area (Å²) >= 11 is 0. The van der Waals surface area contributed by atoms with Gasteiger partial charge in [-0.15, -0.1) is 0 Å². The molecule has 2 rings (SSSR count). The smallest absolute Gasteiger partial charge is 0.265 e. The summed E-state index contributed by atoms with van der Waals surface area (Å²) in [5.74, 6) is 0.459. The van der Waals surface area contributed by atoms with E-state index < -0.39 is 12.0 Å². The van der Waals surface area contributed by atoms with E-state index >= 15 is 0 Å². The van der Waals surface area contributed by atoms with Gasteiger partial charge in [0.25, 0.3) is 5.91 Å². The lowest BCUT2D eigenvalue weighted by Gasteiger charge is -2.17. The Bertz CT molecular complexity index is 827. The fourth-order valence-corrected chi connectivity index (χ4v) is 2.18. The summed E-state index contributed by atoms with van der Waals surface area (Å²) in [6, 6.07) is 13.5. The van der Waals surface area contributed by atoms with Crippen LogP contribution >= 0.6 is 0 Å². The topological polar surface area (TPSA) is 88.4 Å². The molecule has 1 amide bonds. The Labute approximate surface area is 152 Å². The summed E-state index contributed by atoms with van der Waals surface area (Å²) in [7, 11) is 0. The molecular weight excluding hydrogens is 332 g/mol. The zero-order valence-electron chi connectivity index (χ0n) is 14.7. The Morgan fingerprint density at radius 2 is 2.12 bits per heavy atom. The van der Waals surface area contributed by atoms with Gasteiger partial charge in [0.15, 0.2) is 12.4 Å². The zero-order chi connectivity index (χ0) is 18.9. The van der Waals surface area contributed by atoms with Crippen molar-refractivity contribution in [3.05, 3.63) is 53.6 Å². The number of ether oxygens (including phenoxy) is 2. The third kappa shape index (κ3) is 5.08. The monoisotopic (exact) mass is 352 g/mol. The van der Waals surface area contributed by atoms with E-state index in [2.05, 4.69) is 5.32 Å². The molecule has 0 radical (unpaired) electrons. The maximum atomic E-state index is 12.3. The van der Waals surface area contributed by atoms with Gasteiger partial charge in [0.2, 0.25) is 0 Å². The van der Waals surface area contributed by atoms with Crippen molar-refractivity contribution < 1.29 is 19.1 Å². The summed E-state index contributed by atoms with van der Waals surface area (Å²) in [6.07, 6.45) is 0.674. The average molecular weight is 352 g/mol. The van der Waals surface area contributed by atoms with Crippen molar-refractivity contribution in [2.75, 3.05) is 11.9 Å². The quantitative estimate of drug-likeness (QED) is 0.734. The number of carbonyl (C=O) groups is 2. The molecule has 2 aromatic carbocycles. The maximum absolute atomic E-state index is 12.3. The van der Waals surface area contributed by atoms with E-state index in [0.717, 1.165) is 6.42 Å². The van der Waals surface area contributed by atoms with Crippen LogP contribution < -0.4 is 14.8 Å². The highest BCUT2D eigenvalue weighted by molar-refractivity contribution is 5.94. The number of hydrogen-bond acceptors (Lipinski definition) is 5. The fourth-order valence-electron chi connectivity index (χ4n) is 2.18. The SMILES string of the molecule is CCCOc1ccc(C=O)c(O[C@@H](C)C(=O)Nc2cccc(C#N)c2)c1. The first-order chi connectivity index (χ1) is 12.6. The predicted molar refractivity (Wildman–Crippen MR) is 97.5 cm³/mol. The molecule has 26 heavy (non-hydrogen) atoms. The van der Waals surface area contributed by atoms with E-state index in [1.54, 1.807) is 49.4 Å². The largest absolute Gasteiger partial charge is 0.493 e. The Balaban J connectivity index is 2.09. The van der Waals surface area contributed by atoms with E-state index in [4.69, 9.17) is 14.7 Å². The lowest BCUT2D eigenvalue weighted by molar-refractivity contribution is -0.122. The van der Waals surface area contributed by atoms with E-state index in [0.29, 0.717) is 35.5 Å². The summed E-state index contributed by atoms with van der Waals surface area (Å²) in [5.41, 5.74) is 1.28.